The maximum absolute atomic E-state index is 14.0. The highest BCUT2D eigenvalue weighted by Crippen LogP contribution is 2.34. The minimum absolute atomic E-state index is 0.0819. The lowest BCUT2D eigenvalue weighted by Gasteiger charge is -2.20. The SMILES string of the molecule is Cc1cccc(S(=O)(=O)N2CCC(C)(C(=O)O)C2)c1F. The van der Waals surface area contributed by atoms with Crippen LogP contribution in [0.15, 0.2) is 23.1 Å². The second kappa shape index (κ2) is 4.82. The molecule has 1 aromatic rings. The molecule has 1 aliphatic heterocycles. The van der Waals surface area contributed by atoms with Crippen LogP contribution in [0.5, 0.6) is 0 Å². The number of hydrogen-bond donors (Lipinski definition) is 1. The molecule has 0 aromatic heterocycles. The fourth-order valence-corrected chi connectivity index (χ4v) is 3.96. The van der Waals surface area contributed by atoms with Gasteiger partial charge in [-0.05, 0) is 31.9 Å². The number of carboxylic acids is 1. The van der Waals surface area contributed by atoms with Gasteiger partial charge in [0.05, 0.1) is 5.41 Å². The van der Waals surface area contributed by atoms with E-state index >= 15 is 0 Å². The molecular weight excluding hydrogens is 285 g/mol. The van der Waals surface area contributed by atoms with E-state index in [1.54, 1.807) is 0 Å². The third kappa shape index (κ3) is 2.31. The number of aliphatic carboxylic acids is 1. The van der Waals surface area contributed by atoms with Crippen molar-refractivity contribution in [1.82, 2.24) is 4.31 Å². The number of sulfonamides is 1. The molecule has 1 aromatic carbocycles. The first-order chi connectivity index (χ1) is 9.18. The number of benzene rings is 1. The predicted octanol–water partition coefficient (Wildman–Crippen LogP) is 1.62. The van der Waals surface area contributed by atoms with Crippen molar-refractivity contribution in [3.8, 4) is 0 Å². The Labute approximate surface area is 117 Å². The summed E-state index contributed by atoms with van der Waals surface area (Å²) in [6.45, 7) is 2.92. The monoisotopic (exact) mass is 301 g/mol. The van der Waals surface area contributed by atoms with Gasteiger partial charge in [-0.25, -0.2) is 12.8 Å². The van der Waals surface area contributed by atoms with Gasteiger partial charge in [0, 0.05) is 13.1 Å². The molecule has 0 amide bonds. The molecule has 1 N–H and O–H groups in total. The van der Waals surface area contributed by atoms with Crippen LogP contribution in [-0.4, -0.2) is 36.9 Å². The van der Waals surface area contributed by atoms with Crippen molar-refractivity contribution in [2.24, 2.45) is 5.41 Å². The van der Waals surface area contributed by atoms with Gasteiger partial charge in [-0.15, -0.1) is 0 Å². The van der Waals surface area contributed by atoms with Crippen LogP contribution >= 0.6 is 0 Å². The van der Waals surface area contributed by atoms with E-state index in [0.717, 1.165) is 4.31 Å². The highest BCUT2D eigenvalue weighted by molar-refractivity contribution is 7.89. The van der Waals surface area contributed by atoms with E-state index in [-0.39, 0.29) is 25.1 Å². The van der Waals surface area contributed by atoms with Gasteiger partial charge in [-0.3, -0.25) is 4.79 Å². The summed E-state index contributed by atoms with van der Waals surface area (Å²) in [7, 11) is -4.00. The summed E-state index contributed by atoms with van der Waals surface area (Å²) in [5, 5.41) is 9.13. The predicted molar refractivity (Wildman–Crippen MR) is 70.3 cm³/mol. The minimum Gasteiger partial charge on any atom is -0.481 e. The minimum atomic E-state index is -4.00. The van der Waals surface area contributed by atoms with Crippen molar-refractivity contribution in [2.75, 3.05) is 13.1 Å². The third-order valence-corrected chi connectivity index (χ3v) is 5.59. The Bertz CT molecular complexity index is 658. The Morgan fingerprint density at radius 3 is 2.65 bits per heavy atom. The molecule has 7 heteroatoms. The lowest BCUT2D eigenvalue weighted by Crippen LogP contribution is -2.35. The van der Waals surface area contributed by atoms with Crippen molar-refractivity contribution in [1.29, 1.82) is 0 Å². The summed E-state index contributed by atoms with van der Waals surface area (Å²) in [6.07, 6.45) is 0.217. The number of aryl methyl sites for hydroxylation is 1. The van der Waals surface area contributed by atoms with Crippen LogP contribution in [0.1, 0.15) is 18.9 Å². The number of nitrogens with zero attached hydrogens (tertiary/aromatic N) is 1. The van der Waals surface area contributed by atoms with E-state index in [2.05, 4.69) is 0 Å². The number of hydrogen-bond acceptors (Lipinski definition) is 3. The maximum atomic E-state index is 14.0. The van der Waals surface area contributed by atoms with Crippen molar-refractivity contribution in [2.45, 2.75) is 25.2 Å². The molecule has 2 rings (SSSR count). The zero-order valence-corrected chi connectivity index (χ0v) is 12.1. The summed E-state index contributed by atoms with van der Waals surface area (Å²) < 4.78 is 39.8. The zero-order chi connectivity index (χ0) is 15.1. The highest BCUT2D eigenvalue weighted by atomic mass is 32.2. The average molecular weight is 301 g/mol. The quantitative estimate of drug-likeness (QED) is 0.920. The van der Waals surface area contributed by atoms with Gasteiger partial charge in [0.25, 0.3) is 0 Å². The van der Waals surface area contributed by atoms with Gasteiger partial charge in [0.2, 0.25) is 10.0 Å². The molecule has 20 heavy (non-hydrogen) atoms. The number of carbonyl (C=O) groups is 1. The molecule has 0 bridgehead atoms. The Kier molecular flexibility index (Phi) is 3.60. The topological polar surface area (TPSA) is 74.7 Å². The lowest BCUT2D eigenvalue weighted by molar-refractivity contribution is -0.146. The Balaban J connectivity index is 2.38. The highest BCUT2D eigenvalue weighted by Gasteiger charge is 2.45. The van der Waals surface area contributed by atoms with Crippen LogP contribution in [0, 0.1) is 18.2 Å². The molecule has 1 atom stereocenters. The van der Waals surface area contributed by atoms with E-state index in [9.17, 15) is 17.6 Å². The normalized spacial score (nSPS) is 23.9. The van der Waals surface area contributed by atoms with Crippen LogP contribution in [0.2, 0.25) is 0 Å². The van der Waals surface area contributed by atoms with Crippen LogP contribution < -0.4 is 0 Å². The van der Waals surface area contributed by atoms with Gasteiger partial charge in [-0.1, -0.05) is 12.1 Å². The zero-order valence-electron chi connectivity index (χ0n) is 11.3. The maximum Gasteiger partial charge on any atom is 0.310 e. The second-order valence-electron chi connectivity index (χ2n) is 5.34. The van der Waals surface area contributed by atoms with Crippen LogP contribution in [0.3, 0.4) is 0 Å². The van der Waals surface area contributed by atoms with Crippen molar-refractivity contribution >= 4 is 16.0 Å². The first kappa shape index (κ1) is 14.9. The molecular formula is C13H16FNO4S. The molecule has 1 fully saturated rings. The van der Waals surface area contributed by atoms with Crippen molar-refractivity contribution in [3.05, 3.63) is 29.6 Å². The van der Waals surface area contributed by atoms with Crippen LogP contribution in [-0.2, 0) is 14.8 Å². The summed E-state index contributed by atoms with van der Waals surface area (Å²) in [5.41, 5.74) is -0.876. The molecule has 1 heterocycles. The van der Waals surface area contributed by atoms with E-state index in [4.69, 9.17) is 5.11 Å². The standard InChI is InChI=1S/C13H16FNO4S/c1-9-4-3-5-10(11(9)14)20(18,19)15-7-6-13(2,8-15)12(16)17/h3-5H,6-8H2,1-2H3,(H,16,17). The Hall–Kier alpha value is -1.47. The first-order valence-corrected chi connectivity index (χ1v) is 7.61. The Morgan fingerprint density at radius 1 is 1.45 bits per heavy atom. The summed E-state index contributed by atoms with van der Waals surface area (Å²) in [6, 6.07) is 4.16. The van der Waals surface area contributed by atoms with Gasteiger partial charge in [-0.2, -0.15) is 4.31 Å². The second-order valence-corrected chi connectivity index (χ2v) is 7.25. The lowest BCUT2D eigenvalue weighted by atomic mass is 9.90. The summed E-state index contributed by atoms with van der Waals surface area (Å²) in [4.78, 5) is 10.8. The fraction of sp³-hybridized carbons (Fsp3) is 0.462. The van der Waals surface area contributed by atoms with Gasteiger partial charge in [0.1, 0.15) is 10.7 Å². The van der Waals surface area contributed by atoms with E-state index in [1.807, 2.05) is 0 Å². The van der Waals surface area contributed by atoms with Crippen molar-refractivity contribution in [3.63, 3.8) is 0 Å². The molecule has 5 nitrogen and oxygen atoms in total. The van der Waals surface area contributed by atoms with E-state index < -0.39 is 32.1 Å². The fourth-order valence-electron chi connectivity index (χ4n) is 2.26. The number of halogens is 1. The molecule has 110 valence electrons. The summed E-state index contributed by atoms with van der Waals surface area (Å²) in [5.74, 6) is -1.82. The smallest absolute Gasteiger partial charge is 0.310 e. The van der Waals surface area contributed by atoms with Gasteiger partial charge in [0.15, 0.2) is 0 Å². The van der Waals surface area contributed by atoms with E-state index in [1.165, 1.54) is 32.0 Å². The molecule has 1 saturated heterocycles. The largest absolute Gasteiger partial charge is 0.481 e. The van der Waals surface area contributed by atoms with Crippen LogP contribution in [0.4, 0.5) is 4.39 Å². The average Bonchev–Trinajstić information content (AvgIpc) is 2.77. The van der Waals surface area contributed by atoms with Gasteiger partial charge >= 0.3 is 5.97 Å². The van der Waals surface area contributed by atoms with E-state index in [0.29, 0.717) is 0 Å². The molecule has 1 aliphatic rings. The van der Waals surface area contributed by atoms with Crippen LogP contribution in [0.25, 0.3) is 0 Å². The Morgan fingerprint density at radius 2 is 2.10 bits per heavy atom. The number of carboxylic acid groups (broad SMARTS) is 1. The number of rotatable bonds is 3. The molecule has 0 radical (unpaired) electrons. The molecule has 0 spiro atoms. The first-order valence-electron chi connectivity index (χ1n) is 6.17. The molecule has 0 saturated carbocycles. The molecule has 0 aliphatic carbocycles. The van der Waals surface area contributed by atoms with Gasteiger partial charge < -0.3 is 5.11 Å². The summed E-state index contributed by atoms with van der Waals surface area (Å²) >= 11 is 0. The molecule has 1 unspecified atom stereocenters. The third-order valence-electron chi connectivity index (χ3n) is 3.73. The van der Waals surface area contributed by atoms with Crippen molar-refractivity contribution < 1.29 is 22.7 Å².